The maximum Gasteiger partial charge on any atom is 0.417 e. The Morgan fingerprint density at radius 2 is 1.89 bits per heavy atom. The number of likely N-dealkylation sites (N-methyl/N-ethyl adjacent to an activating group) is 1. The van der Waals surface area contributed by atoms with Gasteiger partial charge in [0.25, 0.3) is 0 Å². The molecule has 0 radical (unpaired) electrons. The second kappa shape index (κ2) is 5.68. The van der Waals surface area contributed by atoms with Crippen LogP contribution in [0.1, 0.15) is 24.2 Å². The fourth-order valence-corrected chi connectivity index (χ4v) is 1.28. The number of halogens is 3. The van der Waals surface area contributed by atoms with Crippen LogP contribution in [0.3, 0.4) is 0 Å². The molecule has 2 amide bonds. The van der Waals surface area contributed by atoms with Crippen molar-refractivity contribution >= 4 is 11.8 Å². The van der Waals surface area contributed by atoms with Crippen LogP contribution in [0.5, 0.6) is 0 Å². The van der Waals surface area contributed by atoms with Crippen molar-refractivity contribution in [3.8, 4) is 0 Å². The van der Waals surface area contributed by atoms with E-state index in [4.69, 9.17) is 0 Å². The molecule has 1 heterocycles. The van der Waals surface area contributed by atoms with Crippen molar-refractivity contribution in [3.05, 3.63) is 29.6 Å². The van der Waals surface area contributed by atoms with Crippen molar-refractivity contribution in [3.63, 3.8) is 0 Å². The predicted octanol–water partition coefficient (Wildman–Crippen LogP) is 1.02. The second-order valence-electron chi connectivity index (χ2n) is 3.74. The largest absolute Gasteiger partial charge is 0.417 e. The summed E-state index contributed by atoms with van der Waals surface area (Å²) < 4.78 is 37.0. The first kappa shape index (κ1) is 14.9. The third-order valence-corrected chi connectivity index (χ3v) is 2.34. The van der Waals surface area contributed by atoms with Gasteiger partial charge in [-0.05, 0) is 19.1 Å². The first-order valence-electron chi connectivity index (χ1n) is 5.31. The van der Waals surface area contributed by atoms with Gasteiger partial charge in [0.15, 0.2) is 0 Å². The zero-order valence-corrected chi connectivity index (χ0v) is 10.2. The summed E-state index contributed by atoms with van der Waals surface area (Å²) in [4.78, 5) is 25.8. The number of rotatable bonds is 2. The van der Waals surface area contributed by atoms with Crippen LogP contribution in [0.4, 0.5) is 13.2 Å². The van der Waals surface area contributed by atoms with Gasteiger partial charge in [0.1, 0.15) is 0 Å². The molecule has 0 aliphatic heterocycles. The lowest BCUT2D eigenvalue weighted by molar-refractivity contribution is -0.139. The third kappa shape index (κ3) is 3.94. The molecule has 0 aromatic carbocycles. The van der Waals surface area contributed by atoms with Crippen molar-refractivity contribution in [1.82, 2.24) is 15.6 Å². The van der Waals surface area contributed by atoms with Crippen LogP contribution < -0.4 is 10.6 Å². The first-order valence-corrected chi connectivity index (χ1v) is 5.31. The molecule has 1 unspecified atom stereocenters. The van der Waals surface area contributed by atoms with Gasteiger partial charge in [-0.25, -0.2) is 0 Å². The zero-order valence-electron chi connectivity index (χ0n) is 10.2. The van der Waals surface area contributed by atoms with Crippen molar-refractivity contribution in [2.45, 2.75) is 19.1 Å². The maximum atomic E-state index is 12.3. The summed E-state index contributed by atoms with van der Waals surface area (Å²) in [5.74, 6) is -1.71. The van der Waals surface area contributed by atoms with Gasteiger partial charge in [0, 0.05) is 13.2 Å². The van der Waals surface area contributed by atoms with Crippen LogP contribution in [0.15, 0.2) is 18.3 Å². The topological polar surface area (TPSA) is 71.1 Å². The van der Waals surface area contributed by atoms with E-state index >= 15 is 0 Å². The molecule has 1 aromatic heterocycles. The maximum absolute atomic E-state index is 12.3. The van der Waals surface area contributed by atoms with E-state index in [-0.39, 0.29) is 5.69 Å². The Morgan fingerprint density at radius 1 is 1.26 bits per heavy atom. The normalized spacial score (nSPS) is 12.7. The Morgan fingerprint density at radius 3 is 2.32 bits per heavy atom. The fraction of sp³-hybridized carbons (Fsp3) is 0.364. The molecular weight excluding hydrogens is 263 g/mol. The summed E-state index contributed by atoms with van der Waals surface area (Å²) in [6, 6.07) is 1.34. The summed E-state index contributed by atoms with van der Waals surface area (Å²) in [5.41, 5.74) is -0.647. The fourth-order valence-electron chi connectivity index (χ4n) is 1.28. The lowest BCUT2D eigenvalue weighted by Crippen LogP contribution is -2.39. The zero-order chi connectivity index (χ0) is 14.6. The van der Waals surface area contributed by atoms with Crippen molar-refractivity contribution in [1.29, 1.82) is 0 Å². The molecule has 0 fully saturated rings. The average Bonchev–Trinajstić information content (AvgIpc) is 2.36. The van der Waals surface area contributed by atoms with E-state index in [1.165, 1.54) is 14.0 Å². The van der Waals surface area contributed by atoms with Gasteiger partial charge >= 0.3 is 18.0 Å². The van der Waals surface area contributed by atoms with Gasteiger partial charge in [0.2, 0.25) is 0 Å². The van der Waals surface area contributed by atoms with Gasteiger partial charge in [-0.3, -0.25) is 14.6 Å². The average molecular weight is 275 g/mol. The molecule has 0 saturated heterocycles. The number of carbonyl (C=O) groups excluding carboxylic acids is 2. The summed E-state index contributed by atoms with van der Waals surface area (Å²) in [7, 11) is 1.29. The van der Waals surface area contributed by atoms with Crippen LogP contribution in [-0.2, 0) is 15.8 Å². The quantitative estimate of drug-likeness (QED) is 0.792. The van der Waals surface area contributed by atoms with E-state index in [0.29, 0.717) is 6.20 Å². The number of amides is 2. The molecule has 1 rings (SSSR count). The highest BCUT2D eigenvalue weighted by molar-refractivity contribution is 6.35. The minimum Gasteiger partial charge on any atom is -0.351 e. The van der Waals surface area contributed by atoms with Crippen LogP contribution in [0.2, 0.25) is 0 Å². The Bertz CT molecular complexity index is 471. The molecule has 0 aliphatic rings. The van der Waals surface area contributed by atoms with Crippen molar-refractivity contribution < 1.29 is 22.8 Å². The summed E-state index contributed by atoms with van der Waals surface area (Å²) in [6.45, 7) is 1.51. The third-order valence-electron chi connectivity index (χ3n) is 2.34. The SMILES string of the molecule is CNC(=O)C(=O)NC(C)c1ccc(C(F)(F)F)cn1. The summed E-state index contributed by atoms with van der Waals surface area (Å²) >= 11 is 0. The molecule has 0 aliphatic carbocycles. The number of nitrogens with one attached hydrogen (secondary N) is 2. The molecule has 0 saturated carbocycles. The Hall–Kier alpha value is -2.12. The van der Waals surface area contributed by atoms with Gasteiger partial charge in [-0.1, -0.05) is 0 Å². The number of hydrogen-bond donors (Lipinski definition) is 2. The molecule has 1 aromatic rings. The van der Waals surface area contributed by atoms with E-state index in [1.807, 2.05) is 0 Å². The van der Waals surface area contributed by atoms with Crippen molar-refractivity contribution in [2.75, 3.05) is 7.05 Å². The highest BCUT2D eigenvalue weighted by Crippen LogP contribution is 2.28. The molecule has 1 atom stereocenters. The molecule has 0 bridgehead atoms. The Kier molecular flexibility index (Phi) is 4.47. The van der Waals surface area contributed by atoms with Crippen LogP contribution in [-0.4, -0.2) is 23.8 Å². The second-order valence-corrected chi connectivity index (χ2v) is 3.74. The molecule has 0 spiro atoms. The smallest absolute Gasteiger partial charge is 0.351 e. The van der Waals surface area contributed by atoms with Gasteiger partial charge in [-0.2, -0.15) is 13.2 Å². The molecule has 5 nitrogen and oxygen atoms in total. The molecule has 104 valence electrons. The highest BCUT2D eigenvalue weighted by Gasteiger charge is 2.30. The Balaban J connectivity index is 2.76. The first-order chi connectivity index (χ1) is 8.75. The van der Waals surface area contributed by atoms with Crippen LogP contribution in [0, 0.1) is 0 Å². The van der Waals surface area contributed by atoms with E-state index in [9.17, 15) is 22.8 Å². The van der Waals surface area contributed by atoms with Gasteiger partial charge in [0.05, 0.1) is 17.3 Å². The van der Waals surface area contributed by atoms with Gasteiger partial charge in [-0.15, -0.1) is 0 Å². The number of aromatic nitrogens is 1. The van der Waals surface area contributed by atoms with E-state index in [2.05, 4.69) is 15.6 Å². The minimum absolute atomic E-state index is 0.227. The predicted molar refractivity (Wildman–Crippen MR) is 59.9 cm³/mol. The molecule has 8 heteroatoms. The minimum atomic E-state index is -4.46. The molecule has 19 heavy (non-hydrogen) atoms. The van der Waals surface area contributed by atoms with E-state index in [1.54, 1.807) is 0 Å². The molecule has 2 N–H and O–H groups in total. The monoisotopic (exact) mass is 275 g/mol. The lowest BCUT2D eigenvalue weighted by Gasteiger charge is -2.13. The standard InChI is InChI=1S/C11H12F3N3O2/c1-6(17-10(19)9(18)15-2)8-4-3-7(5-16-8)11(12,13)14/h3-6H,1-2H3,(H,15,18)(H,17,19). The number of pyridine rings is 1. The summed E-state index contributed by atoms with van der Waals surface area (Å²) in [5, 5.41) is 4.44. The number of carbonyl (C=O) groups is 2. The van der Waals surface area contributed by atoms with Crippen LogP contribution in [0.25, 0.3) is 0 Å². The number of hydrogen-bond acceptors (Lipinski definition) is 3. The van der Waals surface area contributed by atoms with Gasteiger partial charge < -0.3 is 10.6 Å². The van der Waals surface area contributed by atoms with E-state index < -0.39 is 29.6 Å². The van der Waals surface area contributed by atoms with Crippen molar-refractivity contribution in [2.24, 2.45) is 0 Å². The summed E-state index contributed by atoms with van der Waals surface area (Å²) in [6.07, 6.45) is -3.78. The number of nitrogens with zero attached hydrogens (tertiary/aromatic N) is 1. The Labute approximate surface area is 107 Å². The molecular formula is C11H12F3N3O2. The number of alkyl halides is 3. The highest BCUT2D eigenvalue weighted by atomic mass is 19.4. The van der Waals surface area contributed by atoms with E-state index in [0.717, 1.165) is 12.1 Å². The van der Waals surface area contributed by atoms with Crippen LogP contribution >= 0.6 is 0 Å². The lowest BCUT2D eigenvalue weighted by atomic mass is 10.2.